The first-order chi connectivity index (χ1) is 19.0. The van der Waals surface area contributed by atoms with Crippen molar-refractivity contribution >= 4 is 28.1 Å². The average Bonchev–Trinajstić information content (AvgIpc) is 3.52. The maximum atomic E-state index is 11.7. The van der Waals surface area contributed by atoms with Crippen molar-refractivity contribution in [2.45, 2.75) is 39.7 Å². The van der Waals surface area contributed by atoms with E-state index in [2.05, 4.69) is 28.6 Å². The number of pyridine rings is 2. The minimum atomic E-state index is -0.979. The smallest absolute Gasteiger partial charge is 0.336 e. The van der Waals surface area contributed by atoms with Gasteiger partial charge >= 0.3 is 5.97 Å². The zero-order valence-electron chi connectivity index (χ0n) is 21.9. The highest BCUT2D eigenvalue weighted by atomic mass is 16.4. The lowest BCUT2D eigenvalue weighted by Crippen LogP contribution is -2.06. The van der Waals surface area contributed by atoms with Crippen LogP contribution in [0.1, 0.15) is 47.2 Å². The van der Waals surface area contributed by atoms with Crippen LogP contribution in [0.2, 0.25) is 0 Å². The lowest BCUT2D eigenvalue weighted by Gasteiger charge is -2.10. The molecule has 0 unspecified atom stereocenters. The van der Waals surface area contributed by atoms with Crippen LogP contribution in [0.25, 0.3) is 44.7 Å². The molecule has 1 N–H and O–H groups in total. The van der Waals surface area contributed by atoms with Crippen LogP contribution in [0.4, 0.5) is 0 Å². The number of imidazole rings is 1. The second kappa shape index (κ2) is 10.2. The van der Waals surface area contributed by atoms with E-state index >= 15 is 0 Å². The number of hydrogen-bond donors (Lipinski definition) is 1. The lowest BCUT2D eigenvalue weighted by molar-refractivity contribution is 0.0697. The Bertz CT molecular complexity index is 1820. The number of rotatable bonds is 8. The number of nitrogens with zero attached hydrogens (tertiary/aromatic N) is 4. The summed E-state index contributed by atoms with van der Waals surface area (Å²) in [4.78, 5) is 26.2. The summed E-state index contributed by atoms with van der Waals surface area (Å²) in [7, 11) is 0. The summed E-state index contributed by atoms with van der Waals surface area (Å²) in [6, 6.07) is 22.9. The molecule has 0 atom stereocenters. The van der Waals surface area contributed by atoms with Gasteiger partial charge in [0.05, 0.1) is 17.8 Å². The van der Waals surface area contributed by atoms with Crippen LogP contribution in [0.5, 0.6) is 0 Å². The number of aromatic nitrogens is 4. The molecule has 0 saturated carbocycles. The molecule has 0 radical (unpaired) electrons. The van der Waals surface area contributed by atoms with Crippen LogP contribution < -0.4 is 0 Å². The van der Waals surface area contributed by atoms with Crippen molar-refractivity contribution < 1.29 is 14.3 Å². The second-order valence-corrected chi connectivity index (χ2v) is 9.73. The first-order valence-corrected chi connectivity index (χ1v) is 13.1. The number of aryl methyl sites for hydroxylation is 2. The van der Waals surface area contributed by atoms with E-state index in [-0.39, 0.29) is 5.56 Å². The van der Waals surface area contributed by atoms with E-state index in [1.165, 1.54) is 0 Å². The van der Waals surface area contributed by atoms with Gasteiger partial charge in [-0.1, -0.05) is 43.7 Å². The van der Waals surface area contributed by atoms with Gasteiger partial charge in [0, 0.05) is 34.8 Å². The van der Waals surface area contributed by atoms with E-state index in [1.807, 2.05) is 49.4 Å². The molecular weight excluding hydrogens is 488 g/mol. The number of aromatic carboxylic acids is 1. The number of hydrogen-bond acceptors (Lipinski definition) is 5. The van der Waals surface area contributed by atoms with Crippen molar-refractivity contribution in [3.8, 4) is 22.6 Å². The highest BCUT2D eigenvalue weighted by molar-refractivity contribution is 5.96. The van der Waals surface area contributed by atoms with Crippen molar-refractivity contribution in [3.63, 3.8) is 0 Å². The summed E-state index contributed by atoms with van der Waals surface area (Å²) in [6.45, 7) is 4.81. The van der Waals surface area contributed by atoms with Crippen LogP contribution in [-0.2, 0) is 13.0 Å². The summed E-state index contributed by atoms with van der Waals surface area (Å²) < 4.78 is 8.26. The number of furan rings is 1. The van der Waals surface area contributed by atoms with Gasteiger partial charge in [-0.25, -0.2) is 14.8 Å². The van der Waals surface area contributed by atoms with E-state index in [9.17, 15) is 9.90 Å². The first kappa shape index (κ1) is 24.6. The number of fused-ring (bicyclic) bond motifs is 2. The molecule has 4 heterocycles. The number of carboxylic acid groups (broad SMARTS) is 1. The Morgan fingerprint density at radius 3 is 2.62 bits per heavy atom. The molecule has 7 heteroatoms. The van der Waals surface area contributed by atoms with Gasteiger partial charge in [-0.2, -0.15) is 0 Å². The first-order valence-electron chi connectivity index (χ1n) is 13.1. The predicted molar refractivity (Wildman–Crippen MR) is 152 cm³/mol. The molecule has 2 aromatic carbocycles. The Hall–Kier alpha value is -4.78. The molecule has 0 aliphatic carbocycles. The molecule has 194 valence electrons. The third-order valence-corrected chi connectivity index (χ3v) is 7.03. The minimum absolute atomic E-state index is 0.216. The van der Waals surface area contributed by atoms with Crippen molar-refractivity contribution in [2.75, 3.05) is 0 Å². The molecule has 0 aliphatic heterocycles. The molecule has 4 aromatic heterocycles. The summed E-state index contributed by atoms with van der Waals surface area (Å²) >= 11 is 0. The Labute approximate surface area is 225 Å². The normalized spacial score (nSPS) is 11.4. The van der Waals surface area contributed by atoms with Gasteiger partial charge in [-0.3, -0.25) is 4.98 Å². The average molecular weight is 517 g/mol. The van der Waals surface area contributed by atoms with Gasteiger partial charge in [0.15, 0.2) is 5.65 Å². The van der Waals surface area contributed by atoms with Gasteiger partial charge in [-0.15, -0.1) is 0 Å². The van der Waals surface area contributed by atoms with Gasteiger partial charge in [0.1, 0.15) is 22.7 Å². The molecule has 0 spiro atoms. The number of benzene rings is 2. The lowest BCUT2D eigenvalue weighted by atomic mass is 10.0. The standard InChI is InChI=1S/C32H28N4O3/c1-3-4-12-30-35-27-18-25(26-11-7-8-15-33-26)20(2)34-31(27)36(30)19-21-13-14-28-22(16-21)17-29(39-28)23-9-5-6-10-24(23)32(37)38/h5-11,13-18H,3-4,12,19H2,1-2H3,(H,37,38). The minimum Gasteiger partial charge on any atom is -0.478 e. The zero-order valence-corrected chi connectivity index (χ0v) is 21.9. The largest absolute Gasteiger partial charge is 0.478 e. The molecule has 6 aromatic rings. The van der Waals surface area contributed by atoms with Crippen LogP contribution in [0, 0.1) is 6.92 Å². The molecule has 0 aliphatic rings. The Kier molecular flexibility index (Phi) is 6.40. The molecule has 0 bridgehead atoms. The van der Waals surface area contributed by atoms with E-state index in [0.29, 0.717) is 23.5 Å². The van der Waals surface area contributed by atoms with Crippen LogP contribution in [-0.4, -0.2) is 30.6 Å². The van der Waals surface area contributed by atoms with Crippen LogP contribution >= 0.6 is 0 Å². The number of unbranched alkanes of at least 4 members (excludes halogenated alkanes) is 1. The summed E-state index contributed by atoms with van der Waals surface area (Å²) in [5, 5.41) is 10.5. The number of carbonyl (C=O) groups is 1. The van der Waals surface area contributed by atoms with Crippen LogP contribution in [0.3, 0.4) is 0 Å². The van der Waals surface area contributed by atoms with Gasteiger partial charge < -0.3 is 14.1 Å². The third kappa shape index (κ3) is 4.68. The highest BCUT2D eigenvalue weighted by Gasteiger charge is 2.18. The molecule has 0 saturated heterocycles. The van der Waals surface area contributed by atoms with Gasteiger partial charge in [0.25, 0.3) is 0 Å². The van der Waals surface area contributed by atoms with Gasteiger partial charge in [0.2, 0.25) is 0 Å². The molecule has 0 fully saturated rings. The summed E-state index contributed by atoms with van der Waals surface area (Å²) in [5.41, 5.74) is 7.10. The third-order valence-electron chi connectivity index (χ3n) is 7.03. The maximum absolute atomic E-state index is 11.7. The predicted octanol–water partition coefficient (Wildman–Crippen LogP) is 7.30. The van der Waals surface area contributed by atoms with Crippen molar-refractivity contribution in [3.05, 3.63) is 102 Å². The van der Waals surface area contributed by atoms with Crippen molar-refractivity contribution in [2.24, 2.45) is 0 Å². The monoisotopic (exact) mass is 516 g/mol. The Balaban J connectivity index is 1.40. The fourth-order valence-electron chi connectivity index (χ4n) is 5.05. The van der Waals surface area contributed by atoms with Crippen molar-refractivity contribution in [1.82, 2.24) is 19.5 Å². The molecule has 0 amide bonds. The fraction of sp³-hybridized carbons (Fsp3) is 0.188. The maximum Gasteiger partial charge on any atom is 0.336 e. The topological polar surface area (TPSA) is 94.0 Å². The SMILES string of the molecule is CCCCc1nc2cc(-c3ccccn3)c(C)nc2n1Cc1ccc2oc(-c3ccccc3C(=O)O)cc2c1. The van der Waals surface area contributed by atoms with Crippen molar-refractivity contribution in [1.29, 1.82) is 0 Å². The van der Waals surface area contributed by atoms with E-state index in [1.54, 1.807) is 24.4 Å². The van der Waals surface area contributed by atoms with Gasteiger partial charge in [-0.05, 0) is 61.4 Å². The zero-order chi connectivity index (χ0) is 26.9. The van der Waals surface area contributed by atoms with E-state index < -0.39 is 5.97 Å². The summed E-state index contributed by atoms with van der Waals surface area (Å²) in [5.74, 6) is 0.573. The molecular formula is C32H28N4O3. The second-order valence-electron chi connectivity index (χ2n) is 9.73. The van der Waals surface area contributed by atoms with Crippen LogP contribution in [0.15, 0.2) is 83.4 Å². The molecule has 7 nitrogen and oxygen atoms in total. The highest BCUT2D eigenvalue weighted by Crippen LogP contribution is 2.32. The molecule has 6 rings (SSSR count). The quantitative estimate of drug-likeness (QED) is 0.228. The Morgan fingerprint density at radius 2 is 1.82 bits per heavy atom. The van der Waals surface area contributed by atoms with E-state index in [0.717, 1.165) is 64.2 Å². The Morgan fingerprint density at radius 1 is 0.974 bits per heavy atom. The number of carboxylic acids is 1. The fourth-order valence-corrected chi connectivity index (χ4v) is 5.05. The summed E-state index contributed by atoms with van der Waals surface area (Å²) in [6.07, 6.45) is 4.79. The molecule has 39 heavy (non-hydrogen) atoms. The van der Waals surface area contributed by atoms with E-state index in [4.69, 9.17) is 14.4 Å².